The molecular weight excluding hydrogens is 964 g/mol. The Hall–Kier alpha value is -8.05. The maximum absolute atomic E-state index is 15.4. The van der Waals surface area contributed by atoms with Crippen molar-refractivity contribution in [2.24, 2.45) is 9.98 Å². The van der Waals surface area contributed by atoms with Gasteiger partial charge in [-0.05, 0) is 171 Å². The zero-order valence-corrected chi connectivity index (χ0v) is 44.0. The van der Waals surface area contributed by atoms with E-state index in [4.69, 9.17) is 28.9 Å². The SMILES string of the molecule is COc1ccc(/C=C\c2cc(C)c(/C(=C3N=C(/C=C/c4ccc(OC)cc4)C=C\3C)c3ccc(C#CCOCCOCCNc4ccc(/C(=C5/N=C(C)C=C5C)c5c(C)cc(C)n5B(F)F)cc4)cc3)n2B(F)F)cc1. The monoisotopic (exact) mass is 1020 g/mol. The van der Waals surface area contributed by atoms with Crippen molar-refractivity contribution >= 4 is 61.3 Å². The minimum absolute atomic E-state index is 0.184. The van der Waals surface area contributed by atoms with Gasteiger partial charge >= 0.3 is 14.8 Å². The summed E-state index contributed by atoms with van der Waals surface area (Å²) in [6.07, 6.45) is 11.3. The molecule has 8 rings (SSSR count). The topological polar surface area (TPSA) is 83.5 Å². The molecule has 2 aromatic heterocycles. The molecule has 0 fully saturated rings. The van der Waals surface area contributed by atoms with Gasteiger partial charge in [0.15, 0.2) is 0 Å². The van der Waals surface area contributed by atoms with Crippen LogP contribution in [0.15, 0.2) is 160 Å². The van der Waals surface area contributed by atoms with Gasteiger partial charge in [0.25, 0.3) is 0 Å². The van der Waals surface area contributed by atoms with Crippen LogP contribution in [0.25, 0.3) is 29.4 Å². The highest BCUT2D eigenvalue weighted by atomic mass is 19.2. The second-order valence-electron chi connectivity index (χ2n) is 18.4. The number of benzene rings is 4. The Kier molecular flexibility index (Phi) is 17.8. The number of rotatable bonds is 20. The molecule has 6 aromatic rings. The number of aliphatic imine (C=N–C) groups is 2. The number of nitrogens with one attached hydrogen (secondary N) is 1. The summed E-state index contributed by atoms with van der Waals surface area (Å²) < 4.78 is 83.8. The zero-order chi connectivity index (χ0) is 53.9. The molecule has 0 spiro atoms. The Morgan fingerprint density at radius 1 is 0.592 bits per heavy atom. The highest BCUT2D eigenvalue weighted by Crippen LogP contribution is 2.39. The van der Waals surface area contributed by atoms with E-state index in [1.165, 1.54) is 0 Å². The maximum atomic E-state index is 15.4. The van der Waals surface area contributed by atoms with Crippen LogP contribution in [0.4, 0.5) is 23.0 Å². The molecule has 0 bridgehead atoms. The minimum atomic E-state index is -2.85. The summed E-state index contributed by atoms with van der Waals surface area (Å²) >= 11 is 0. The lowest BCUT2D eigenvalue weighted by Crippen LogP contribution is -2.18. The average molecular weight is 1020 g/mol. The molecule has 9 nitrogen and oxygen atoms in total. The summed E-state index contributed by atoms with van der Waals surface area (Å²) in [4.78, 5) is 9.77. The number of hydrogen-bond donors (Lipinski definition) is 1. The van der Waals surface area contributed by atoms with Crippen molar-refractivity contribution in [3.8, 4) is 23.3 Å². The van der Waals surface area contributed by atoms with Crippen molar-refractivity contribution in [3.05, 3.63) is 212 Å². The van der Waals surface area contributed by atoms with E-state index in [1.807, 2.05) is 162 Å². The van der Waals surface area contributed by atoms with Gasteiger partial charge in [-0.2, -0.15) is 0 Å². The molecule has 0 aliphatic carbocycles. The summed E-state index contributed by atoms with van der Waals surface area (Å²) in [6.45, 7) is 13.1. The van der Waals surface area contributed by atoms with Crippen LogP contribution in [0, 0.1) is 32.6 Å². The number of methoxy groups -OCH3 is 2. The van der Waals surface area contributed by atoms with Crippen LogP contribution < -0.4 is 14.8 Å². The summed E-state index contributed by atoms with van der Waals surface area (Å²) in [6, 6.07) is 33.9. The lowest BCUT2D eigenvalue weighted by molar-refractivity contribution is 0.0647. The van der Waals surface area contributed by atoms with Crippen LogP contribution in [0.3, 0.4) is 0 Å². The first kappa shape index (κ1) is 54.2. The molecule has 2 aliphatic rings. The third kappa shape index (κ3) is 12.9. The number of anilines is 1. The molecule has 0 saturated carbocycles. The molecule has 15 heteroatoms. The number of nitrogens with zero attached hydrogens (tertiary/aromatic N) is 4. The molecule has 386 valence electrons. The van der Waals surface area contributed by atoms with Crippen molar-refractivity contribution in [2.45, 2.75) is 41.5 Å². The Bertz CT molecular complexity index is 3390. The van der Waals surface area contributed by atoms with Crippen molar-refractivity contribution in [2.75, 3.05) is 52.5 Å². The van der Waals surface area contributed by atoms with E-state index >= 15 is 8.63 Å². The molecule has 0 amide bonds. The van der Waals surface area contributed by atoms with Gasteiger partial charge < -0.3 is 33.2 Å². The van der Waals surface area contributed by atoms with Crippen LogP contribution >= 0.6 is 0 Å². The van der Waals surface area contributed by atoms with E-state index in [0.29, 0.717) is 94.3 Å². The maximum Gasteiger partial charge on any atom is 0.678 e. The van der Waals surface area contributed by atoms with Crippen LogP contribution in [0.1, 0.15) is 82.5 Å². The number of ether oxygens (including phenoxy) is 4. The van der Waals surface area contributed by atoms with E-state index in [9.17, 15) is 8.63 Å². The highest BCUT2D eigenvalue weighted by molar-refractivity contribution is 6.42. The summed E-state index contributed by atoms with van der Waals surface area (Å²) in [5.74, 6) is 7.68. The quantitative estimate of drug-likeness (QED) is 0.0356. The van der Waals surface area contributed by atoms with Crippen molar-refractivity contribution in [3.63, 3.8) is 0 Å². The normalized spacial score (nSPS) is 14.6. The first-order chi connectivity index (χ1) is 36.7. The number of allylic oxidation sites excluding steroid dienone is 5. The molecule has 4 aromatic carbocycles. The largest absolute Gasteiger partial charge is 0.678 e. The standard InChI is InChI=1S/C61H59B2F4N5O4/c1-40-36-44(5)69-58(40)56(60-42(3)37-45(6)71(60)62(64)65)50-21-24-51(25-22-50)68-31-33-76-35-34-75-32-9-10-46-11-19-49(20-12-46)57(59-41(2)38-52(70-59)23-13-47-15-27-54(73-7)28-16-47)61-43(4)39-53(72(61)63(66)67)26-14-48-17-29-55(74-8)30-18-48/h11-30,36-39,68H,31-35H2,1-8H3/b23-13+,26-14-,58-56-,59-57-. The average Bonchev–Trinajstić information content (AvgIpc) is 4.22. The van der Waals surface area contributed by atoms with Gasteiger partial charge in [-0.1, -0.05) is 72.5 Å². The van der Waals surface area contributed by atoms with Gasteiger partial charge in [0.1, 0.15) is 18.1 Å². The van der Waals surface area contributed by atoms with E-state index in [0.717, 1.165) is 65.1 Å². The Morgan fingerprint density at radius 3 is 1.71 bits per heavy atom. The first-order valence-corrected chi connectivity index (χ1v) is 24.9. The van der Waals surface area contributed by atoms with Gasteiger partial charge in [0.2, 0.25) is 0 Å². The van der Waals surface area contributed by atoms with Gasteiger partial charge in [-0.15, -0.1) is 0 Å². The predicted octanol–water partition coefficient (Wildman–Crippen LogP) is 13.5. The van der Waals surface area contributed by atoms with Gasteiger partial charge in [-0.25, -0.2) is 4.99 Å². The van der Waals surface area contributed by atoms with Gasteiger partial charge in [-0.3, -0.25) is 22.3 Å². The lowest BCUT2D eigenvalue weighted by Gasteiger charge is -2.17. The number of aromatic nitrogens is 2. The van der Waals surface area contributed by atoms with Crippen LogP contribution in [-0.4, -0.2) is 82.4 Å². The molecule has 0 atom stereocenters. The van der Waals surface area contributed by atoms with Crippen LogP contribution in [0.2, 0.25) is 0 Å². The van der Waals surface area contributed by atoms with E-state index in [2.05, 4.69) is 17.2 Å². The third-order valence-electron chi connectivity index (χ3n) is 12.9. The second-order valence-corrected chi connectivity index (χ2v) is 18.4. The van der Waals surface area contributed by atoms with Crippen molar-refractivity contribution in [1.29, 1.82) is 0 Å². The second kappa shape index (κ2) is 25.0. The molecule has 4 heterocycles. The number of halogens is 4. The van der Waals surface area contributed by atoms with Crippen molar-refractivity contribution in [1.82, 2.24) is 8.96 Å². The molecule has 0 saturated heterocycles. The lowest BCUT2D eigenvalue weighted by atomic mass is 9.94. The van der Waals surface area contributed by atoms with E-state index in [-0.39, 0.29) is 6.61 Å². The van der Waals surface area contributed by atoms with E-state index < -0.39 is 14.8 Å². The molecule has 1 N–H and O–H groups in total. The third-order valence-corrected chi connectivity index (χ3v) is 12.9. The molecule has 2 aliphatic heterocycles. The Morgan fingerprint density at radius 2 is 1.13 bits per heavy atom. The fourth-order valence-electron chi connectivity index (χ4n) is 9.32. The van der Waals surface area contributed by atoms with Gasteiger partial charge in [0.05, 0.1) is 51.1 Å². The van der Waals surface area contributed by atoms with Gasteiger partial charge in [0, 0.05) is 57.4 Å². The smallest absolute Gasteiger partial charge is 0.497 e. The first-order valence-electron chi connectivity index (χ1n) is 24.9. The summed E-state index contributed by atoms with van der Waals surface area (Å²) in [5.41, 5.74) is 13.8. The summed E-state index contributed by atoms with van der Waals surface area (Å²) in [7, 11) is -2.33. The highest BCUT2D eigenvalue weighted by Gasteiger charge is 2.31. The molecule has 0 radical (unpaired) electrons. The Labute approximate surface area is 443 Å². The number of hydrogen-bond acceptors (Lipinski definition) is 7. The fraction of sp³-hybridized carbons (Fsp3) is 0.213. The predicted molar refractivity (Wildman–Crippen MR) is 304 cm³/mol. The van der Waals surface area contributed by atoms with Crippen LogP contribution in [-0.2, 0) is 9.47 Å². The molecular formula is C61H59B2F4N5O4. The number of aryl methyl sites for hydroxylation is 3. The summed E-state index contributed by atoms with van der Waals surface area (Å²) in [5, 5.41) is 3.36. The van der Waals surface area contributed by atoms with Crippen molar-refractivity contribution < 1.29 is 36.2 Å². The fourth-order valence-corrected chi connectivity index (χ4v) is 9.32. The Balaban J connectivity index is 0.903. The molecule has 0 unspecified atom stereocenters. The van der Waals surface area contributed by atoms with Crippen LogP contribution in [0.5, 0.6) is 11.5 Å². The zero-order valence-electron chi connectivity index (χ0n) is 44.0. The minimum Gasteiger partial charge on any atom is -0.497 e. The molecule has 76 heavy (non-hydrogen) atoms. The van der Waals surface area contributed by atoms with E-state index in [1.54, 1.807) is 39.4 Å².